The van der Waals surface area contributed by atoms with E-state index in [2.05, 4.69) is 20.6 Å². The van der Waals surface area contributed by atoms with Gasteiger partial charge in [-0.2, -0.15) is 0 Å². The second-order valence-corrected chi connectivity index (χ2v) is 4.72. The first kappa shape index (κ1) is 13.2. The summed E-state index contributed by atoms with van der Waals surface area (Å²) in [6.45, 7) is 1.53. The summed E-state index contributed by atoms with van der Waals surface area (Å²) in [5.41, 5.74) is 1.91. The summed E-state index contributed by atoms with van der Waals surface area (Å²) in [5, 5.41) is 15.5. The maximum Gasteiger partial charge on any atom is 0.322 e. The maximum atomic E-state index is 11.4. The lowest BCUT2D eigenvalue weighted by Crippen LogP contribution is -2.33. The summed E-state index contributed by atoms with van der Waals surface area (Å²) in [7, 11) is 0. The van der Waals surface area contributed by atoms with Gasteiger partial charge < -0.3 is 15.7 Å². The van der Waals surface area contributed by atoms with Crippen LogP contribution in [0.15, 0.2) is 11.7 Å². The number of carbonyl (C=O) groups excluding carboxylic acids is 1. The highest BCUT2D eigenvalue weighted by atomic mass is 32.1. The molecule has 0 aromatic carbocycles. The van der Waals surface area contributed by atoms with Gasteiger partial charge in [0.25, 0.3) is 0 Å². The van der Waals surface area contributed by atoms with Gasteiger partial charge in [-0.1, -0.05) is 0 Å². The van der Waals surface area contributed by atoms with E-state index in [4.69, 9.17) is 5.11 Å². The van der Waals surface area contributed by atoms with Crippen molar-refractivity contribution in [2.75, 3.05) is 18.4 Å². The van der Waals surface area contributed by atoms with Crippen LogP contribution in [0.4, 0.5) is 5.82 Å². The van der Waals surface area contributed by atoms with E-state index in [1.165, 1.54) is 17.7 Å². The molecule has 0 aliphatic heterocycles. The highest BCUT2D eigenvalue weighted by molar-refractivity contribution is 7.18. The smallest absolute Gasteiger partial charge is 0.322 e. The number of fused-ring (bicyclic) bond motifs is 1. The van der Waals surface area contributed by atoms with Gasteiger partial charge in [-0.05, 0) is 17.9 Å². The molecule has 3 N–H and O–H groups in total. The Morgan fingerprint density at radius 1 is 1.37 bits per heavy atom. The van der Waals surface area contributed by atoms with Crippen LogP contribution in [0.5, 0.6) is 0 Å². The number of hydrogen-bond acceptors (Lipinski definition) is 6. The molecule has 0 atom stereocenters. The van der Waals surface area contributed by atoms with E-state index in [0.717, 1.165) is 15.8 Å². The fourth-order valence-corrected chi connectivity index (χ4v) is 2.46. The third-order valence-corrected chi connectivity index (χ3v) is 3.48. The second-order valence-electron chi connectivity index (χ2n) is 3.84. The third-order valence-electron chi connectivity index (χ3n) is 2.38. The largest absolute Gasteiger partial charge is 0.480 e. The molecule has 100 valence electrons. The van der Waals surface area contributed by atoms with Gasteiger partial charge >= 0.3 is 5.97 Å². The number of hydrogen-bond donors (Lipinski definition) is 3. The molecule has 0 saturated heterocycles. The van der Waals surface area contributed by atoms with Crippen molar-refractivity contribution in [3.63, 3.8) is 0 Å². The van der Waals surface area contributed by atoms with Gasteiger partial charge in [-0.25, -0.2) is 9.97 Å². The van der Waals surface area contributed by atoms with E-state index in [0.29, 0.717) is 5.82 Å². The average Bonchev–Trinajstić information content (AvgIpc) is 2.76. The molecule has 0 fully saturated rings. The molecule has 0 aliphatic rings. The topological polar surface area (TPSA) is 104 Å². The van der Waals surface area contributed by atoms with Gasteiger partial charge in [0.2, 0.25) is 5.91 Å². The molecule has 8 heteroatoms. The highest BCUT2D eigenvalue weighted by Crippen LogP contribution is 2.28. The number of nitrogens with one attached hydrogen (secondary N) is 2. The van der Waals surface area contributed by atoms with Crippen molar-refractivity contribution < 1.29 is 14.7 Å². The average molecular weight is 280 g/mol. The van der Waals surface area contributed by atoms with Crippen molar-refractivity contribution in [2.24, 2.45) is 0 Å². The second kappa shape index (κ2) is 5.61. The van der Waals surface area contributed by atoms with Crippen LogP contribution in [0, 0.1) is 6.92 Å². The Balaban J connectivity index is 2.02. The predicted octanol–water partition coefficient (Wildman–Crippen LogP) is 0.612. The Labute approximate surface area is 112 Å². The van der Waals surface area contributed by atoms with Gasteiger partial charge in [-0.15, -0.1) is 11.3 Å². The van der Waals surface area contributed by atoms with E-state index in [9.17, 15) is 9.59 Å². The molecule has 2 rings (SSSR count). The molecule has 0 aliphatic carbocycles. The van der Waals surface area contributed by atoms with E-state index >= 15 is 0 Å². The molecule has 0 unspecified atom stereocenters. The van der Waals surface area contributed by atoms with E-state index < -0.39 is 18.4 Å². The standard InChI is InChI=1S/C11H12N4O3S/c1-6-4-19-10-9(6)14-5-15-11(10)13-2-7(16)12-3-8(17)18/h4-5H,2-3H2,1H3,(H,12,16)(H,17,18)(H,13,14,15). The Kier molecular flexibility index (Phi) is 3.91. The molecule has 0 radical (unpaired) electrons. The van der Waals surface area contributed by atoms with Crippen LogP contribution < -0.4 is 10.6 Å². The zero-order chi connectivity index (χ0) is 13.8. The van der Waals surface area contributed by atoms with Crippen molar-refractivity contribution in [3.8, 4) is 0 Å². The number of carboxylic acid groups (broad SMARTS) is 1. The maximum absolute atomic E-state index is 11.4. The van der Waals surface area contributed by atoms with Crippen molar-refractivity contribution in [1.29, 1.82) is 0 Å². The van der Waals surface area contributed by atoms with Crippen LogP contribution in [-0.2, 0) is 9.59 Å². The first-order valence-electron chi connectivity index (χ1n) is 5.49. The van der Waals surface area contributed by atoms with E-state index in [1.54, 1.807) is 0 Å². The predicted molar refractivity (Wildman–Crippen MR) is 71.3 cm³/mol. The van der Waals surface area contributed by atoms with Gasteiger partial charge in [0.15, 0.2) is 0 Å². The zero-order valence-corrected chi connectivity index (χ0v) is 11.0. The summed E-state index contributed by atoms with van der Waals surface area (Å²) >= 11 is 1.50. The molecule has 2 aromatic heterocycles. The number of aliphatic carboxylic acids is 1. The monoisotopic (exact) mass is 280 g/mol. The molecule has 0 bridgehead atoms. The lowest BCUT2D eigenvalue weighted by Gasteiger charge is -2.06. The van der Waals surface area contributed by atoms with Gasteiger partial charge in [0.05, 0.1) is 16.8 Å². The molecular formula is C11H12N4O3S. The van der Waals surface area contributed by atoms with E-state index in [-0.39, 0.29) is 6.54 Å². The number of anilines is 1. The summed E-state index contributed by atoms with van der Waals surface area (Å²) in [5.74, 6) is -0.900. The normalized spacial score (nSPS) is 10.4. The fraction of sp³-hybridized carbons (Fsp3) is 0.273. The van der Waals surface area contributed by atoms with Crippen LogP contribution in [0.3, 0.4) is 0 Å². The number of rotatable bonds is 5. The Bertz CT molecular complexity index is 625. The molecule has 7 nitrogen and oxygen atoms in total. The molecule has 0 saturated carbocycles. The van der Waals surface area contributed by atoms with Gasteiger partial charge in [0.1, 0.15) is 18.7 Å². The first-order valence-corrected chi connectivity index (χ1v) is 6.37. The molecule has 19 heavy (non-hydrogen) atoms. The van der Waals surface area contributed by atoms with Crippen LogP contribution in [0.1, 0.15) is 5.56 Å². The van der Waals surface area contributed by atoms with Crippen molar-refractivity contribution in [1.82, 2.24) is 15.3 Å². The summed E-state index contributed by atoms with van der Waals surface area (Å²) in [6, 6.07) is 0. The minimum atomic E-state index is -1.08. The fourth-order valence-electron chi connectivity index (χ4n) is 1.50. The third kappa shape index (κ3) is 3.16. The zero-order valence-electron chi connectivity index (χ0n) is 10.1. The molecular weight excluding hydrogens is 268 g/mol. The first-order chi connectivity index (χ1) is 9.08. The van der Waals surface area contributed by atoms with Crippen LogP contribution in [0.25, 0.3) is 10.2 Å². The molecule has 1 amide bonds. The van der Waals surface area contributed by atoms with Crippen LogP contribution >= 0.6 is 11.3 Å². The number of thiophene rings is 1. The quantitative estimate of drug-likeness (QED) is 0.741. The Morgan fingerprint density at radius 3 is 2.89 bits per heavy atom. The minimum Gasteiger partial charge on any atom is -0.480 e. The minimum absolute atomic E-state index is 0.0314. The van der Waals surface area contributed by atoms with Crippen LogP contribution in [-0.4, -0.2) is 40.0 Å². The summed E-state index contributed by atoms with van der Waals surface area (Å²) < 4.78 is 0.881. The highest BCUT2D eigenvalue weighted by Gasteiger charge is 2.09. The van der Waals surface area contributed by atoms with Gasteiger partial charge in [0, 0.05) is 0 Å². The Morgan fingerprint density at radius 2 is 2.16 bits per heavy atom. The summed E-state index contributed by atoms with van der Waals surface area (Å²) in [6.07, 6.45) is 1.43. The van der Waals surface area contributed by atoms with E-state index in [1.807, 2.05) is 12.3 Å². The Hall–Kier alpha value is -2.22. The molecule has 2 aromatic rings. The lowest BCUT2D eigenvalue weighted by molar-refractivity contribution is -0.137. The number of aromatic nitrogens is 2. The van der Waals surface area contributed by atoms with Crippen LogP contribution in [0.2, 0.25) is 0 Å². The van der Waals surface area contributed by atoms with Crippen molar-refractivity contribution >= 4 is 39.2 Å². The number of carbonyl (C=O) groups is 2. The van der Waals surface area contributed by atoms with Crippen molar-refractivity contribution in [3.05, 3.63) is 17.3 Å². The summed E-state index contributed by atoms with van der Waals surface area (Å²) in [4.78, 5) is 29.9. The number of aryl methyl sites for hydroxylation is 1. The number of nitrogens with zero attached hydrogens (tertiary/aromatic N) is 2. The number of amides is 1. The lowest BCUT2D eigenvalue weighted by atomic mass is 10.3. The van der Waals surface area contributed by atoms with Gasteiger partial charge in [-0.3, -0.25) is 9.59 Å². The van der Waals surface area contributed by atoms with Crippen molar-refractivity contribution in [2.45, 2.75) is 6.92 Å². The molecule has 2 heterocycles. The SMILES string of the molecule is Cc1csc2c(NCC(=O)NCC(=O)O)ncnc12. The molecule has 0 spiro atoms. The number of carboxylic acids is 1.